The van der Waals surface area contributed by atoms with E-state index in [1.54, 1.807) is 16.8 Å². The molecule has 0 unspecified atom stereocenters. The smallest absolute Gasteiger partial charge is 0.239 e. The molecule has 1 aliphatic heterocycles. The Bertz CT molecular complexity index is 858. The van der Waals surface area contributed by atoms with Gasteiger partial charge in [-0.2, -0.15) is 9.40 Å². The van der Waals surface area contributed by atoms with Crippen molar-refractivity contribution in [2.45, 2.75) is 20.3 Å². The molecular formula is C15H19N5O3S. The highest BCUT2D eigenvalue weighted by Crippen LogP contribution is 2.15. The van der Waals surface area contributed by atoms with Crippen LogP contribution in [0.2, 0.25) is 0 Å². The third-order valence-electron chi connectivity index (χ3n) is 3.78. The summed E-state index contributed by atoms with van der Waals surface area (Å²) in [5, 5.41) is 7.02. The zero-order valence-electron chi connectivity index (χ0n) is 13.6. The topological polar surface area (TPSA) is 97.2 Å². The Kier molecular flexibility index (Phi) is 4.37. The third-order valence-corrected chi connectivity index (χ3v) is 5.68. The van der Waals surface area contributed by atoms with E-state index in [0.29, 0.717) is 24.5 Å². The summed E-state index contributed by atoms with van der Waals surface area (Å²) in [4.78, 5) is 16.3. The van der Waals surface area contributed by atoms with Gasteiger partial charge in [0.05, 0.1) is 29.9 Å². The summed E-state index contributed by atoms with van der Waals surface area (Å²) < 4.78 is 26.3. The first-order chi connectivity index (χ1) is 11.3. The highest BCUT2D eigenvalue weighted by Gasteiger charge is 2.29. The summed E-state index contributed by atoms with van der Waals surface area (Å²) in [5.74, 6) is 0.390. The number of carbonyl (C=O) groups excluding carboxylic acids is 1. The van der Waals surface area contributed by atoms with Crippen molar-refractivity contribution < 1.29 is 13.2 Å². The maximum Gasteiger partial charge on any atom is 0.239 e. The molecule has 1 aliphatic rings. The van der Waals surface area contributed by atoms with E-state index < -0.39 is 10.0 Å². The quantitative estimate of drug-likeness (QED) is 0.883. The molecule has 0 saturated carbocycles. The van der Waals surface area contributed by atoms with Crippen molar-refractivity contribution in [1.29, 1.82) is 0 Å². The standard InChI is InChI=1S/C15H19N5O3S/c1-11-8-12(2)20(18-11)14-5-4-13(9-16-14)17-15(21)10-19-6-3-7-24(19,22)23/h4-5,8-9H,3,6-7,10H2,1-2H3,(H,17,21). The van der Waals surface area contributed by atoms with Crippen molar-refractivity contribution in [3.63, 3.8) is 0 Å². The first kappa shape index (κ1) is 16.6. The molecule has 128 valence electrons. The number of hydrogen-bond donors (Lipinski definition) is 1. The zero-order valence-corrected chi connectivity index (χ0v) is 14.4. The van der Waals surface area contributed by atoms with Crippen LogP contribution in [0.5, 0.6) is 0 Å². The second-order valence-electron chi connectivity index (χ2n) is 5.80. The Hall–Kier alpha value is -2.26. The van der Waals surface area contributed by atoms with E-state index in [1.807, 2.05) is 19.9 Å². The molecule has 1 N–H and O–H groups in total. The van der Waals surface area contributed by atoms with E-state index in [1.165, 1.54) is 10.5 Å². The fourth-order valence-corrected chi connectivity index (χ4v) is 4.15. The van der Waals surface area contributed by atoms with Crippen LogP contribution in [0.4, 0.5) is 5.69 Å². The zero-order chi connectivity index (χ0) is 17.3. The summed E-state index contributed by atoms with van der Waals surface area (Å²) >= 11 is 0. The summed E-state index contributed by atoms with van der Waals surface area (Å²) in [6, 6.07) is 5.42. The summed E-state index contributed by atoms with van der Waals surface area (Å²) in [6.07, 6.45) is 2.09. The fraction of sp³-hybridized carbons (Fsp3) is 0.400. The average molecular weight is 349 g/mol. The van der Waals surface area contributed by atoms with Crippen molar-refractivity contribution in [2.75, 3.05) is 24.2 Å². The van der Waals surface area contributed by atoms with Crippen molar-refractivity contribution in [3.05, 3.63) is 35.8 Å². The predicted molar refractivity (Wildman–Crippen MR) is 89.4 cm³/mol. The van der Waals surface area contributed by atoms with Crippen molar-refractivity contribution >= 4 is 21.6 Å². The molecule has 8 nitrogen and oxygen atoms in total. The first-order valence-corrected chi connectivity index (χ1v) is 9.23. The molecule has 0 radical (unpaired) electrons. The van der Waals surface area contributed by atoms with E-state index in [0.717, 1.165) is 11.4 Å². The van der Waals surface area contributed by atoms with Crippen LogP contribution in [0.3, 0.4) is 0 Å². The second-order valence-corrected chi connectivity index (χ2v) is 7.88. The van der Waals surface area contributed by atoms with E-state index in [2.05, 4.69) is 15.4 Å². The Morgan fingerprint density at radius 3 is 2.67 bits per heavy atom. The fourth-order valence-electron chi connectivity index (χ4n) is 2.68. The van der Waals surface area contributed by atoms with Crippen LogP contribution in [0.1, 0.15) is 17.8 Å². The van der Waals surface area contributed by atoms with Gasteiger partial charge < -0.3 is 5.32 Å². The van der Waals surface area contributed by atoms with Gasteiger partial charge in [-0.05, 0) is 38.5 Å². The lowest BCUT2D eigenvalue weighted by Gasteiger charge is -2.14. The number of rotatable bonds is 4. The van der Waals surface area contributed by atoms with Crippen LogP contribution >= 0.6 is 0 Å². The molecule has 2 aromatic rings. The van der Waals surface area contributed by atoms with E-state index in [9.17, 15) is 13.2 Å². The number of pyridine rings is 1. The second kappa shape index (κ2) is 6.33. The number of hydrogen-bond acceptors (Lipinski definition) is 5. The minimum absolute atomic E-state index is 0.110. The normalized spacial score (nSPS) is 17.1. The van der Waals surface area contributed by atoms with Crippen molar-refractivity contribution in [3.8, 4) is 5.82 Å². The van der Waals surface area contributed by atoms with Crippen LogP contribution in [0.15, 0.2) is 24.4 Å². The maximum absolute atomic E-state index is 12.0. The highest BCUT2D eigenvalue weighted by molar-refractivity contribution is 7.89. The van der Waals surface area contributed by atoms with Gasteiger partial charge >= 0.3 is 0 Å². The van der Waals surface area contributed by atoms with Gasteiger partial charge in [0.1, 0.15) is 0 Å². The molecule has 2 aromatic heterocycles. The number of anilines is 1. The average Bonchev–Trinajstić information content (AvgIpc) is 3.01. The largest absolute Gasteiger partial charge is 0.324 e. The summed E-state index contributed by atoms with van der Waals surface area (Å²) in [7, 11) is -3.27. The highest BCUT2D eigenvalue weighted by atomic mass is 32.2. The van der Waals surface area contributed by atoms with Gasteiger partial charge in [-0.1, -0.05) is 0 Å². The minimum atomic E-state index is -3.27. The number of aromatic nitrogens is 3. The molecule has 0 atom stereocenters. The number of carbonyl (C=O) groups is 1. The molecule has 24 heavy (non-hydrogen) atoms. The van der Waals surface area contributed by atoms with Gasteiger partial charge in [-0.25, -0.2) is 18.1 Å². The molecule has 1 fully saturated rings. The number of nitrogens with zero attached hydrogens (tertiary/aromatic N) is 4. The van der Waals surface area contributed by atoms with Crippen LogP contribution in [0, 0.1) is 13.8 Å². The molecule has 3 heterocycles. The van der Waals surface area contributed by atoms with Gasteiger partial charge in [0.25, 0.3) is 0 Å². The lowest BCUT2D eigenvalue weighted by molar-refractivity contribution is -0.116. The van der Waals surface area contributed by atoms with Crippen molar-refractivity contribution in [2.24, 2.45) is 0 Å². The lowest BCUT2D eigenvalue weighted by atomic mass is 10.3. The van der Waals surface area contributed by atoms with Gasteiger partial charge in [0.15, 0.2) is 5.82 Å². The Balaban J connectivity index is 1.66. The molecule has 0 aromatic carbocycles. The SMILES string of the molecule is Cc1cc(C)n(-c2ccc(NC(=O)CN3CCCS3(=O)=O)cn2)n1. The van der Waals surface area contributed by atoms with Crippen LogP contribution in [0.25, 0.3) is 5.82 Å². The number of aryl methyl sites for hydroxylation is 2. The van der Waals surface area contributed by atoms with E-state index in [4.69, 9.17) is 0 Å². The Morgan fingerprint density at radius 1 is 1.33 bits per heavy atom. The molecular weight excluding hydrogens is 330 g/mol. The number of nitrogens with one attached hydrogen (secondary N) is 1. The van der Waals surface area contributed by atoms with Gasteiger partial charge in [0, 0.05) is 12.2 Å². The van der Waals surface area contributed by atoms with Gasteiger partial charge in [0.2, 0.25) is 15.9 Å². The minimum Gasteiger partial charge on any atom is -0.324 e. The van der Waals surface area contributed by atoms with Crippen molar-refractivity contribution in [1.82, 2.24) is 19.1 Å². The third kappa shape index (κ3) is 3.46. The van der Waals surface area contributed by atoms with Gasteiger partial charge in [-0.15, -0.1) is 0 Å². The molecule has 0 spiro atoms. The monoisotopic (exact) mass is 349 g/mol. The first-order valence-electron chi connectivity index (χ1n) is 7.62. The summed E-state index contributed by atoms with van der Waals surface area (Å²) in [5.41, 5.74) is 2.39. The lowest BCUT2D eigenvalue weighted by Crippen LogP contribution is -2.34. The molecule has 1 saturated heterocycles. The summed E-state index contributed by atoms with van der Waals surface area (Å²) in [6.45, 7) is 4.07. The predicted octanol–water partition coefficient (Wildman–Crippen LogP) is 0.858. The van der Waals surface area contributed by atoms with E-state index >= 15 is 0 Å². The molecule has 3 rings (SSSR count). The van der Waals surface area contributed by atoms with E-state index in [-0.39, 0.29) is 18.2 Å². The van der Waals surface area contributed by atoms with Crippen LogP contribution in [-0.2, 0) is 14.8 Å². The Morgan fingerprint density at radius 2 is 2.12 bits per heavy atom. The number of sulfonamides is 1. The maximum atomic E-state index is 12.0. The van der Waals surface area contributed by atoms with Gasteiger partial charge in [-0.3, -0.25) is 4.79 Å². The molecule has 9 heteroatoms. The van der Waals surface area contributed by atoms with Crippen LogP contribution in [-0.4, -0.2) is 52.2 Å². The number of amides is 1. The molecule has 0 bridgehead atoms. The molecule has 1 amide bonds. The van der Waals surface area contributed by atoms with Crippen LogP contribution < -0.4 is 5.32 Å². The Labute approximate surface area is 140 Å². The molecule has 0 aliphatic carbocycles.